The smallest absolute Gasteiger partial charge is 0.280 e. The van der Waals surface area contributed by atoms with Crippen molar-refractivity contribution in [1.29, 1.82) is 0 Å². The number of amides is 1. The number of hydrogen-bond donors (Lipinski definition) is 0. The van der Waals surface area contributed by atoms with Crippen molar-refractivity contribution in [3.63, 3.8) is 0 Å². The van der Waals surface area contributed by atoms with Gasteiger partial charge in [0.15, 0.2) is 0 Å². The van der Waals surface area contributed by atoms with Gasteiger partial charge in [0.2, 0.25) is 15.2 Å². The van der Waals surface area contributed by atoms with E-state index in [2.05, 4.69) is 10.1 Å². The van der Waals surface area contributed by atoms with Crippen molar-refractivity contribution < 1.29 is 17.9 Å². The Balaban J connectivity index is 1.68. The lowest BCUT2D eigenvalue weighted by Gasteiger charge is -2.25. The lowest BCUT2D eigenvalue weighted by molar-refractivity contribution is 0.0987. The molecule has 0 saturated carbocycles. The number of carbonyl (C=O) groups excluding carboxylic acids is 1. The number of thiazole rings is 1. The zero-order chi connectivity index (χ0) is 28.9. The third-order valence-electron chi connectivity index (χ3n) is 5.96. The number of aromatic nitrogens is 1. The molecule has 1 aromatic heterocycles. The highest BCUT2D eigenvalue weighted by Gasteiger charge is 2.27. The van der Waals surface area contributed by atoms with Gasteiger partial charge in [-0.3, -0.25) is 4.79 Å². The molecule has 1 amide bonds. The Morgan fingerprint density at radius 2 is 1.62 bits per heavy atom. The SMILES string of the molecule is COc1ccc2nc(N(/N=C/c3ccccc3)C(=O)c3ccc(S(=O)(=O)N(CC(C)C)CC(C)C)cc3)sc2c1. The molecule has 4 rings (SSSR count). The number of ether oxygens (including phenoxy) is 1. The van der Waals surface area contributed by atoms with E-state index < -0.39 is 15.9 Å². The second-order valence-electron chi connectivity index (χ2n) is 10.2. The van der Waals surface area contributed by atoms with Crippen LogP contribution in [0.2, 0.25) is 0 Å². The molecule has 0 saturated heterocycles. The minimum atomic E-state index is -3.72. The van der Waals surface area contributed by atoms with E-state index in [9.17, 15) is 13.2 Å². The summed E-state index contributed by atoms with van der Waals surface area (Å²) in [7, 11) is -2.12. The number of nitrogens with zero attached hydrogens (tertiary/aromatic N) is 4. The van der Waals surface area contributed by atoms with Crippen LogP contribution in [0.4, 0.5) is 5.13 Å². The summed E-state index contributed by atoms with van der Waals surface area (Å²) in [6, 6.07) is 21.0. The molecule has 0 N–H and O–H groups in total. The van der Waals surface area contributed by atoms with Gasteiger partial charge in [0.05, 0.1) is 28.4 Å². The van der Waals surface area contributed by atoms with Crippen LogP contribution < -0.4 is 9.75 Å². The van der Waals surface area contributed by atoms with Crippen LogP contribution in [0.5, 0.6) is 5.75 Å². The van der Waals surface area contributed by atoms with Crippen LogP contribution >= 0.6 is 11.3 Å². The Bertz CT molecular complexity index is 1570. The van der Waals surface area contributed by atoms with Gasteiger partial charge in [0.25, 0.3) is 5.91 Å². The number of hydrogen-bond acceptors (Lipinski definition) is 7. The van der Waals surface area contributed by atoms with Gasteiger partial charge in [-0.05, 0) is 59.9 Å². The number of methoxy groups -OCH3 is 1. The Kier molecular flexibility index (Phi) is 9.34. The van der Waals surface area contributed by atoms with Crippen molar-refractivity contribution in [2.75, 3.05) is 25.2 Å². The Hall–Kier alpha value is -3.60. The summed E-state index contributed by atoms with van der Waals surface area (Å²) >= 11 is 1.31. The minimum absolute atomic E-state index is 0.150. The topological polar surface area (TPSA) is 92.2 Å². The van der Waals surface area contributed by atoms with Gasteiger partial charge < -0.3 is 4.74 Å². The third-order valence-corrected chi connectivity index (χ3v) is 8.80. The van der Waals surface area contributed by atoms with Crippen LogP contribution in [0.1, 0.15) is 43.6 Å². The second-order valence-corrected chi connectivity index (χ2v) is 13.2. The van der Waals surface area contributed by atoms with E-state index in [-0.39, 0.29) is 16.7 Å². The third kappa shape index (κ3) is 6.93. The maximum Gasteiger partial charge on any atom is 0.280 e. The number of hydrazone groups is 1. The average molecular weight is 579 g/mol. The quantitative estimate of drug-likeness (QED) is 0.154. The summed E-state index contributed by atoms with van der Waals surface area (Å²) in [6.07, 6.45) is 1.60. The molecule has 4 aromatic rings. The van der Waals surface area contributed by atoms with E-state index in [1.165, 1.54) is 44.9 Å². The fraction of sp³-hybridized carbons (Fsp3) is 0.300. The van der Waals surface area contributed by atoms with Crippen molar-refractivity contribution in [2.45, 2.75) is 32.6 Å². The minimum Gasteiger partial charge on any atom is -0.497 e. The standard InChI is InChI=1S/C30H34N4O4S2/c1-21(2)19-33(20-22(3)4)40(36,37)26-14-11-24(12-15-26)29(35)34(31-18-23-9-7-6-8-10-23)30-32-27-16-13-25(38-5)17-28(27)39-30/h6-18,21-22H,19-20H2,1-5H3/b31-18+. The summed E-state index contributed by atoms with van der Waals surface area (Å²) in [4.78, 5) is 18.5. The molecule has 0 fully saturated rings. The highest BCUT2D eigenvalue weighted by atomic mass is 32.2. The summed E-state index contributed by atoms with van der Waals surface area (Å²) in [5.74, 6) is 0.621. The van der Waals surface area contributed by atoms with E-state index in [1.54, 1.807) is 13.3 Å². The van der Waals surface area contributed by atoms with Gasteiger partial charge in [0.1, 0.15) is 5.75 Å². The molecule has 0 spiro atoms. The van der Waals surface area contributed by atoms with Crippen molar-refractivity contribution in [2.24, 2.45) is 16.9 Å². The number of anilines is 1. The lowest BCUT2D eigenvalue weighted by atomic mass is 10.2. The summed E-state index contributed by atoms with van der Waals surface area (Å²) < 4.78 is 34.6. The number of sulfonamides is 1. The molecule has 0 atom stereocenters. The predicted molar refractivity (Wildman–Crippen MR) is 162 cm³/mol. The van der Waals surface area contributed by atoms with E-state index in [0.29, 0.717) is 35.1 Å². The van der Waals surface area contributed by atoms with Gasteiger partial charge in [-0.2, -0.15) is 14.4 Å². The Morgan fingerprint density at radius 3 is 2.23 bits per heavy atom. The van der Waals surface area contributed by atoms with Gasteiger partial charge in [-0.1, -0.05) is 69.4 Å². The van der Waals surface area contributed by atoms with Crippen LogP contribution in [0.25, 0.3) is 10.2 Å². The van der Waals surface area contributed by atoms with Gasteiger partial charge in [-0.15, -0.1) is 0 Å². The molecule has 0 bridgehead atoms. The number of rotatable bonds is 11. The number of carbonyl (C=O) groups is 1. The molecule has 3 aromatic carbocycles. The molecular formula is C30H34N4O4S2. The first kappa shape index (κ1) is 29.4. The molecule has 40 heavy (non-hydrogen) atoms. The fourth-order valence-corrected chi connectivity index (χ4v) is 6.81. The number of fused-ring (bicyclic) bond motifs is 1. The zero-order valence-corrected chi connectivity index (χ0v) is 24.9. The molecule has 0 unspecified atom stereocenters. The van der Waals surface area contributed by atoms with E-state index in [0.717, 1.165) is 10.3 Å². The van der Waals surface area contributed by atoms with Crippen molar-refractivity contribution in [3.05, 3.63) is 83.9 Å². The summed E-state index contributed by atoms with van der Waals surface area (Å²) in [6.45, 7) is 8.82. The molecular weight excluding hydrogens is 544 g/mol. The molecule has 8 nitrogen and oxygen atoms in total. The van der Waals surface area contributed by atoms with Crippen LogP contribution in [-0.2, 0) is 10.0 Å². The first-order chi connectivity index (χ1) is 19.1. The van der Waals surface area contributed by atoms with E-state index in [1.807, 2.05) is 76.2 Å². The largest absolute Gasteiger partial charge is 0.497 e. The van der Waals surface area contributed by atoms with Gasteiger partial charge in [0, 0.05) is 18.7 Å². The fourth-order valence-electron chi connectivity index (χ4n) is 4.09. The van der Waals surface area contributed by atoms with Crippen LogP contribution in [0.3, 0.4) is 0 Å². The van der Waals surface area contributed by atoms with Crippen molar-refractivity contribution in [1.82, 2.24) is 9.29 Å². The van der Waals surface area contributed by atoms with Crippen LogP contribution in [0.15, 0.2) is 82.8 Å². The van der Waals surface area contributed by atoms with Crippen molar-refractivity contribution >= 4 is 48.8 Å². The Morgan fingerprint density at radius 1 is 0.975 bits per heavy atom. The molecule has 0 aliphatic rings. The normalized spacial score (nSPS) is 12.2. The average Bonchev–Trinajstić information content (AvgIpc) is 3.35. The molecule has 1 heterocycles. The van der Waals surface area contributed by atoms with Gasteiger partial charge >= 0.3 is 0 Å². The first-order valence-electron chi connectivity index (χ1n) is 13.1. The molecule has 0 aliphatic heterocycles. The van der Waals surface area contributed by atoms with E-state index >= 15 is 0 Å². The maximum atomic E-state index is 13.7. The Labute approximate surface area is 240 Å². The predicted octanol–water partition coefficient (Wildman–Crippen LogP) is 6.29. The maximum absolute atomic E-state index is 13.7. The highest BCUT2D eigenvalue weighted by Crippen LogP contribution is 2.32. The highest BCUT2D eigenvalue weighted by molar-refractivity contribution is 7.89. The molecule has 210 valence electrons. The molecule has 10 heteroatoms. The monoisotopic (exact) mass is 578 g/mol. The molecule has 0 radical (unpaired) electrons. The summed E-state index contributed by atoms with van der Waals surface area (Å²) in [5, 5.41) is 6.13. The molecule has 0 aliphatic carbocycles. The lowest BCUT2D eigenvalue weighted by Crippen LogP contribution is -2.37. The number of benzene rings is 3. The second kappa shape index (κ2) is 12.7. The van der Waals surface area contributed by atoms with E-state index in [4.69, 9.17) is 4.74 Å². The first-order valence-corrected chi connectivity index (χ1v) is 15.3. The van der Waals surface area contributed by atoms with Gasteiger partial charge in [-0.25, -0.2) is 13.4 Å². The van der Waals surface area contributed by atoms with Crippen LogP contribution in [0, 0.1) is 11.8 Å². The van der Waals surface area contributed by atoms with Crippen LogP contribution in [-0.4, -0.2) is 50.0 Å². The van der Waals surface area contributed by atoms with Crippen molar-refractivity contribution in [3.8, 4) is 5.75 Å². The zero-order valence-electron chi connectivity index (χ0n) is 23.3. The summed E-state index contributed by atoms with van der Waals surface area (Å²) in [5.41, 5.74) is 1.82.